The van der Waals surface area contributed by atoms with E-state index in [1.165, 1.54) is 11.1 Å². The Hall–Kier alpha value is -1.94. The van der Waals surface area contributed by atoms with Gasteiger partial charge in [0.25, 0.3) is 0 Å². The summed E-state index contributed by atoms with van der Waals surface area (Å²) in [6.45, 7) is 1.85. The highest BCUT2D eigenvalue weighted by Gasteiger charge is 2.13. The Kier molecular flexibility index (Phi) is 2.94. The third-order valence-electron chi connectivity index (χ3n) is 3.05. The fraction of sp³-hybridized carbons (Fsp3) is 0.286. The molecule has 0 amide bonds. The third-order valence-corrected chi connectivity index (χ3v) is 3.05. The van der Waals surface area contributed by atoms with E-state index in [2.05, 4.69) is 29.1 Å². The van der Waals surface area contributed by atoms with Gasteiger partial charge >= 0.3 is 0 Å². The molecule has 3 rings (SSSR count). The van der Waals surface area contributed by atoms with E-state index in [4.69, 9.17) is 15.2 Å². The molecule has 2 aromatic rings. The van der Waals surface area contributed by atoms with Gasteiger partial charge in [-0.2, -0.15) is 0 Å². The molecule has 0 unspecified atom stereocenters. The van der Waals surface area contributed by atoms with Gasteiger partial charge in [-0.1, -0.05) is 6.07 Å². The molecule has 0 bridgehead atoms. The van der Waals surface area contributed by atoms with Crippen molar-refractivity contribution in [3.63, 3.8) is 0 Å². The standard InChI is InChI=1S/C14H16N2O2/c15-5-3-11-4-6-16(8-11)9-12-1-2-13-14(7-12)18-10-17-13/h1-2,4,6-8H,3,5,9-10,15H2. The van der Waals surface area contributed by atoms with Crippen molar-refractivity contribution in [1.29, 1.82) is 0 Å². The number of nitrogens with zero attached hydrogens (tertiary/aromatic N) is 1. The van der Waals surface area contributed by atoms with Gasteiger partial charge in [-0.3, -0.25) is 0 Å². The number of rotatable bonds is 4. The van der Waals surface area contributed by atoms with Crippen LogP contribution in [0.4, 0.5) is 0 Å². The van der Waals surface area contributed by atoms with Crippen LogP contribution in [-0.2, 0) is 13.0 Å². The molecular weight excluding hydrogens is 228 g/mol. The minimum Gasteiger partial charge on any atom is -0.454 e. The lowest BCUT2D eigenvalue weighted by atomic mass is 10.2. The van der Waals surface area contributed by atoms with E-state index in [1.54, 1.807) is 0 Å². The van der Waals surface area contributed by atoms with Gasteiger partial charge in [0.05, 0.1) is 0 Å². The molecule has 4 nitrogen and oxygen atoms in total. The summed E-state index contributed by atoms with van der Waals surface area (Å²) in [5.41, 5.74) is 8.02. The number of hydrogen-bond donors (Lipinski definition) is 1. The molecule has 1 aliphatic rings. The van der Waals surface area contributed by atoms with Crippen LogP contribution in [-0.4, -0.2) is 17.9 Å². The zero-order chi connectivity index (χ0) is 12.4. The van der Waals surface area contributed by atoms with Gasteiger partial charge in [0.15, 0.2) is 11.5 Å². The van der Waals surface area contributed by atoms with Crippen molar-refractivity contribution in [3.05, 3.63) is 47.8 Å². The number of hydrogen-bond acceptors (Lipinski definition) is 3. The summed E-state index contributed by atoms with van der Waals surface area (Å²) in [6.07, 6.45) is 5.14. The average molecular weight is 244 g/mol. The van der Waals surface area contributed by atoms with E-state index in [0.29, 0.717) is 13.3 Å². The Bertz CT molecular complexity index is 548. The Morgan fingerprint density at radius 3 is 2.89 bits per heavy atom. The summed E-state index contributed by atoms with van der Waals surface area (Å²) in [5.74, 6) is 1.66. The maximum Gasteiger partial charge on any atom is 0.231 e. The molecule has 0 saturated carbocycles. The highest BCUT2D eigenvalue weighted by Crippen LogP contribution is 2.32. The Labute approximate surface area is 106 Å². The fourth-order valence-electron chi connectivity index (χ4n) is 2.15. The minimum absolute atomic E-state index is 0.322. The minimum atomic E-state index is 0.322. The number of ether oxygens (including phenoxy) is 2. The highest BCUT2D eigenvalue weighted by atomic mass is 16.7. The largest absolute Gasteiger partial charge is 0.454 e. The van der Waals surface area contributed by atoms with Gasteiger partial charge in [-0.05, 0) is 42.3 Å². The topological polar surface area (TPSA) is 49.4 Å². The van der Waals surface area contributed by atoms with Gasteiger partial charge < -0.3 is 19.8 Å². The summed E-state index contributed by atoms with van der Waals surface area (Å²) < 4.78 is 12.8. The van der Waals surface area contributed by atoms with Crippen molar-refractivity contribution in [2.45, 2.75) is 13.0 Å². The number of nitrogens with two attached hydrogens (primary N) is 1. The molecule has 0 fully saturated rings. The smallest absolute Gasteiger partial charge is 0.231 e. The van der Waals surface area contributed by atoms with Crippen LogP contribution in [0.1, 0.15) is 11.1 Å². The van der Waals surface area contributed by atoms with E-state index in [-0.39, 0.29) is 0 Å². The van der Waals surface area contributed by atoms with Gasteiger partial charge in [0, 0.05) is 18.9 Å². The lowest BCUT2D eigenvalue weighted by Gasteiger charge is -2.04. The molecule has 0 radical (unpaired) electrons. The Balaban J connectivity index is 1.75. The highest BCUT2D eigenvalue weighted by molar-refractivity contribution is 5.44. The van der Waals surface area contributed by atoms with Crippen LogP contribution in [0.5, 0.6) is 11.5 Å². The monoisotopic (exact) mass is 244 g/mol. The molecule has 2 N–H and O–H groups in total. The molecule has 1 aromatic heterocycles. The second-order valence-corrected chi connectivity index (χ2v) is 4.42. The summed E-state index contributed by atoms with van der Waals surface area (Å²) in [5, 5.41) is 0. The average Bonchev–Trinajstić information content (AvgIpc) is 2.98. The van der Waals surface area contributed by atoms with Crippen molar-refractivity contribution in [1.82, 2.24) is 4.57 Å². The maximum atomic E-state index is 5.54. The number of aromatic nitrogens is 1. The zero-order valence-electron chi connectivity index (χ0n) is 10.1. The molecule has 18 heavy (non-hydrogen) atoms. The van der Waals surface area contributed by atoms with Gasteiger partial charge in [0.2, 0.25) is 6.79 Å². The van der Waals surface area contributed by atoms with Crippen LogP contribution in [0.25, 0.3) is 0 Å². The van der Waals surface area contributed by atoms with E-state index in [1.807, 2.05) is 12.1 Å². The molecule has 1 aliphatic heterocycles. The SMILES string of the molecule is NCCc1ccn(Cc2ccc3c(c2)OCO3)c1. The van der Waals surface area contributed by atoms with Crippen LogP contribution in [0.3, 0.4) is 0 Å². The lowest BCUT2D eigenvalue weighted by molar-refractivity contribution is 0.174. The molecule has 0 aliphatic carbocycles. The summed E-state index contributed by atoms with van der Waals surface area (Å²) in [4.78, 5) is 0. The van der Waals surface area contributed by atoms with E-state index in [9.17, 15) is 0 Å². The second-order valence-electron chi connectivity index (χ2n) is 4.42. The predicted octanol–water partition coefficient (Wildman–Crippen LogP) is 1.77. The Morgan fingerprint density at radius 1 is 1.11 bits per heavy atom. The van der Waals surface area contributed by atoms with E-state index < -0.39 is 0 Å². The van der Waals surface area contributed by atoms with E-state index in [0.717, 1.165) is 24.5 Å². The van der Waals surface area contributed by atoms with E-state index >= 15 is 0 Å². The first kappa shape index (κ1) is 11.2. The quantitative estimate of drug-likeness (QED) is 0.891. The van der Waals surface area contributed by atoms with Crippen molar-refractivity contribution < 1.29 is 9.47 Å². The fourth-order valence-corrected chi connectivity index (χ4v) is 2.15. The molecule has 4 heteroatoms. The van der Waals surface area contributed by atoms with Gasteiger partial charge in [0.1, 0.15) is 0 Å². The maximum absolute atomic E-state index is 5.54. The first-order valence-electron chi connectivity index (χ1n) is 6.08. The van der Waals surface area contributed by atoms with Crippen LogP contribution < -0.4 is 15.2 Å². The second kappa shape index (κ2) is 4.74. The number of benzene rings is 1. The molecule has 0 atom stereocenters. The first-order chi connectivity index (χ1) is 8.85. The molecule has 0 saturated heterocycles. The molecule has 2 heterocycles. The van der Waals surface area contributed by atoms with Crippen LogP contribution in [0, 0.1) is 0 Å². The summed E-state index contributed by atoms with van der Waals surface area (Å²) >= 11 is 0. The van der Waals surface area contributed by atoms with Crippen molar-refractivity contribution in [3.8, 4) is 11.5 Å². The summed E-state index contributed by atoms with van der Waals surface area (Å²) in [6, 6.07) is 8.17. The molecule has 1 aromatic carbocycles. The van der Waals surface area contributed by atoms with Gasteiger partial charge in [-0.15, -0.1) is 0 Å². The van der Waals surface area contributed by atoms with Gasteiger partial charge in [-0.25, -0.2) is 0 Å². The molecule has 94 valence electrons. The third kappa shape index (κ3) is 2.19. The lowest BCUT2D eigenvalue weighted by Crippen LogP contribution is -2.02. The predicted molar refractivity (Wildman–Crippen MR) is 68.9 cm³/mol. The Morgan fingerprint density at radius 2 is 2.00 bits per heavy atom. The van der Waals surface area contributed by atoms with Crippen LogP contribution in [0.15, 0.2) is 36.7 Å². The van der Waals surface area contributed by atoms with Crippen molar-refractivity contribution in [2.75, 3.05) is 13.3 Å². The summed E-state index contributed by atoms with van der Waals surface area (Å²) in [7, 11) is 0. The number of fused-ring (bicyclic) bond motifs is 1. The van der Waals surface area contributed by atoms with Crippen LogP contribution >= 0.6 is 0 Å². The molecule has 0 spiro atoms. The first-order valence-corrected chi connectivity index (χ1v) is 6.08. The zero-order valence-corrected chi connectivity index (χ0v) is 10.1. The molecular formula is C14H16N2O2. The van der Waals surface area contributed by atoms with Crippen molar-refractivity contribution >= 4 is 0 Å². The van der Waals surface area contributed by atoms with Crippen LogP contribution in [0.2, 0.25) is 0 Å². The normalized spacial score (nSPS) is 12.9. The van der Waals surface area contributed by atoms with Crippen molar-refractivity contribution in [2.24, 2.45) is 5.73 Å².